The highest BCUT2D eigenvalue weighted by atomic mass is 19.4. The Bertz CT molecular complexity index is 1450. The molecule has 11 heteroatoms. The van der Waals surface area contributed by atoms with Gasteiger partial charge in [0.25, 0.3) is 5.91 Å². The number of benzene rings is 3. The standard InChI is InChI=1S/C24H17F4N5O2/c1-23(35,22(34)30-18-8-4-16(12-29)19(11-18)24(26,27)28)13-33-21-9-5-15(10-20(21)31-32-33)14-2-6-17(25)7-3-14/h2-11,35H,13H2,1H3,(H,30,34). The summed E-state index contributed by atoms with van der Waals surface area (Å²) < 4.78 is 54.1. The van der Waals surface area contributed by atoms with Gasteiger partial charge in [-0.3, -0.25) is 4.79 Å². The summed E-state index contributed by atoms with van der Waals surface area (Å²) in [6.45, 7) is 0.852. The number of aliphatic hydroxyl groups is 1. The molecule has 4 rings (SSSR count). The predicted octanol–water partition coefficient (Wildman–Crippen LogP) is 4.52. The number of hydrogen-bond acceptors (Lipinski definition) is 5. The Morgan fingerprint density at radius 3 is 2.43 bits per heavy atom. The third kappa shape index (κ3) is 4.97. The highest BCUT2D eigenvalue weighted by Gasteiger charge is 2.35. The molecule has 4 aromatic rings. The lowest BCUT2D eigenvalue weighted by Crippen LogP contribution is -2.44. The Morgan fingerprint density at radius 2 is 1.77 bits per heavy atom. The fourth-order valence-electron chi connectivity index (χ4n) is 3.49. The predicted molar refractivity (Wildman–Crippen MR) is 118 cm³/mol. The molecule has 1 unspecified atom stereocenters. The van der Waals surface area contributed by atoms with Crippen molar-refractivity contribution >= 4 is 22.6 Å². The van der Waals surface area contributed by atoms with Crippen molar-refractivity contribution in [1.29, 1.82) is 5.26 Å². The molecule has 0 aliphatic heterocycles. The minimum Gasteiger partial charge on any atom is -0.378 e. The van der Waals surface area contributed by atoms with Gasteiger partial charge in [-0.05, 0) is 60.5 Å². The van der Waals surface area contributed by atoms with Crippen molar-refractivity contribution < 1.29 is 27.5 Å². The molecule has 35 heavy (non-hydrogen) atoms. The fourth-order valence-corrected chi connectivity index (χ4v) is 3.49. The van der Waals surface area contributed by atoms with Crippen LogP contribution in [0.3, 0.4) is 0 Å². The average molecular weight is 483 g/mol. The lowest BCUT2D eigenvalue weighted by molar-refractivity contribution is -0.138. The Kier molecular flexibility index (Phi) is 6.00. The topological polar surface area (TPSA) is 104 Å². The van der Waals surface area contributed by atoms with Crippen LogP contribution in [0.1, 0.15) is 18.1 Å². The monoisotopic (exact) mass is 483 g/mol. The quantitative estimate of drug-likeness (QED) is 0.407. The van der Waals surface area contributed by atoms with Gasteiger partial charge in [-0.15, -0.1) is 5.10 Å². The first-order valence-electron chi connectivity index (χ1n) is 10.2. The van der Waals surface area contributed by atoms with Crippen LogP contribution >= 0.6 is 0 Å². The molecular weight excluding hydrogens is 466 g/mol. The fraction of sp³-hybridized carbons (Fsp3) is 0.167. The van der Waals surface area contributed by atoms with Gasteiger partial charge in [-0.1, -0.05) is 23.4 Å². The number of hydrogen-bond donors (Lipinski definition) is 2. The molecule has 2 N–H and O–H groups in total. The lowest BCUT2D eigenvalue weighted by Gasteiger charge is -2.22. The molecule has 0 aliphatic carbocycles. The molecule has 0 saturated heterocycles. The Balaban J connectivity index is 1.55. The zero-order valence-electron chi connectivity index (χ0n) is 18.1. The zero-order valence-corrected chi connectivity index (χ0v) is 18.1. The number of nitriles is 1. The molecule has 0 aliphatic rings. The summed E-state index contributed by atoms with van der Waals surface area (Å²) in [7, 11) is 0. The van der Waals surface area contributed by atoms with Crippen LogP contribution < -0.4 is 5.32 Å². The minimum absolute atomic E-state index is 0.228. The maximum absolute atomic E-state index is 13.2. The largest absolute Gasteiger partial charge is 0.417 e. The number of aromatic nitrogens is 3. The number of fused-ring (bicyclic) bond motifs is 1. The maximum atomic E-state index is 13.2. The number of anilines is 1. The van der Waals surface area contributed by atoms with E-state index in [9.17, 15) is 27.5 Å². The van der Waals surface area contributed by atoms with E-state index in [-0.39, 0.29) is 18.0 Å². The number of rotatable bonds is 5. The Labute approximate surface area is 196 Å². The Hall–Kier alpha value is -4.30. The SMILES string of the molecule is CC(O)(Cn1nnc2cc(-c3ccc(F)cc3)ccc21)C(=O)Nc1ccc(C#N)c(C(F)(F)F)c1. The van der Waals surface area contributed by atoms with E-state index in [1.807, 2.05) is 0 Å². The summed E-state index contributed by atoms with van der Waals surface area (Å²) in [4.78, 5) is 12.7. The van der Waals surface area contributed by atoms with E-state index < -0.39 is 28.8 Å². The third-order valence-corrected chi connectivity index (χ3v) is 5.34. The molecule has 1 amide bonds. The smallest absolute Gasteiger partial charge is 0.378 e. The van der Waals surface area contributed by atoms with Gasteiger partial charge in [-0.2, -0.15) is 18.4 Å². The van der Waals surface area contributed by atoms with Crippen LogP contribution in [0.2, 0.25) is 0 Å². The third-order valence-electron chi connectivity index (χ3n) is 5.34. The van der Waals surface area contributed by atoms with E-state index in [0.717, 1.165) is 23.3 Å². The first-order chi connectivity index (χ1) is 16.5. The van der Waals surface area contributed by atoms with E-state index in [2.05, 4.69) is 15.6 Å². The van der Waals surface area contributed by atoms with Crippen molar-refractivity contribution in [2.24, 2.45) is 0 Å². The second-order valence-corrected chi connectivity index (χ2v) is 8.06. The maximum Gasteiger partial charge on any atom is 0.417 e. The summed E-state index contributed by atoms with van der Waals surface area (Å²) in [6.07, 6.45) is -4.79. The highest BCUT2D eigenvalue weighted by Crippen LogP contribution is 2.34. The highest BCUT2D eigenvalue weighted by molar-refractivity contribution is 5.97. The molecule has 1 heterocycles. The van der Waals surface area contributed by atoms with Crippen LogP contribution in [0.4, 0.5) is 23.2 Å². The lowest BCUT2D eigenvalue weighted by atomic mass is 10.0. The van der Waals surface area contributed by atoms with E-state index in [4.69, 9.17) is 5.26 Å². The zero-order chi connectivity index (χ0) is 25.4. The molecule has 178 valence electrons. The molecule has 0 bridgehead atoms. The summed E-state index contributed by atoms with van der Waals surface area (Å²) in [5.74, 6) is -1.33. The van der Waals surface area contributed by atoms with Crippen LogP contribution in [0.15, 0.2) is 60.7 Å². The molecule has 1 atom stereocenters. The number of nitrogens with zero attached hydrogens (tertiary/aromatic N) is 4. The molecule has 0 saturated carbocycles. The molecule has 0 fully saturated rings. The van der Waals surface area contributed by atoms with Gasteiger partial charge >= 0.3 is 6.18 Å². The van der Waals surface area contributed by atoms with Crippen molar-refractivity contribution in [3.63, 3.8) is 0 Å². The van der Waals surface area contributed by atoms with Gasteiger partial charge in [0.1, 0.15) is 11.3 Å². The number of carbonyl (C=O) groups excluding carboxylic acids is 1. The summed E-state index contributed by atoms with van der Waals surface area (Å²) in [6, 6.07) is 15.2. The molecule has 7 nitrogen and oxygen atoms in total. The molecule has 3 aromatic carbocycles. The van der Waals surface area contributed by atoms with Crippen molar-refractivity contribution in [3.05, 3.63) is 77.6 Å². The van der Waals surface area contributed by atoms with Gasteiger partial charge in [0, 0.05) is 5.69 Å². The van der Waals surface area contributed by atoms with Gasteiger partial charge in [0.2, 0.25) is 0 Å². The van der Waals surface area contributed by atoms with Gasteiger partial charge in [0.15, 0.2) is 5.60 Å². The van der Waals surface area contributed by atoms with Crippen molar-refractivity contribution in [3.8, 4) is 17.2 Å². The summed E-state index contributed by atoms with van der Waals surface area (Å²) >= 11 is 0. The molecular formula is C24H17F4N5O2. The number of nitrogens with one attached hydrogen (secondary N) is 1. The average Bonchev–Trinajstić information content (AvgIpc) is 3.20. The molecule has 1 aromatic heterocycles. The number of halogens is 4. The first-order valence-corrected chi connectivity index (χ1v) is 10.2. The van der Waals surface area contributed by atoms with Crippen molar-refractivity contribution in [2.75, 3.05) is 5.32 Å². The van der Waals surface area contributed by atoms with E-state index in [1.165, 1.54) is 29.8 Å². The van der Waals surface area contributed by atoms with Gasteiger partial charge < -0.3 is 10.4 Å². The first kappa shape index (κ1) is 23.8. The van der Waals surface area contributed by atoms with Gasteiger partial charge in [-0.25, -0.2) is 9.07 Å². The summed E-state index contributed by atoms with van der Waals surface area (Å²) in [5.41, 5.74) is -1.60. The van der Waals surface area contributed by atoms with Gasteiger partial charge in [0.05, 0.1) is 29.3 Å². The normalized spacial score (nSPS) is 13.3. The van der Waals surface area contributed by atoms with Crippen LogP contribution in [-0.4, -0.2) is 31.6 Å². The van der Waals surface area contributed by atoms with E-state index in [1.54, 1.807) is 30.3 Å². The Morgan fingerprint density at radius 1 is 1.09 bits per heavy atom. The second kappa shape index (κ2) is 8.81. The number of amides is 1. The second-order valence-electron chi connectivity index (χ2n) is 8.06. The van der Waals surface area contributed by atoms with Crippen molar-refractivity contribution in [1.82, 2.24) is 15.0 Å². The van der Waals surface area contributed by atoms with Crippen LogP contribution in [0.25, 0.3) is 22.2 Å². The molecule has 0 spiro atoms. The summed E-state index contributed by atoms with van der Waals surface area (Å²) in [5, 5.41) is 29.9. The minimum atomic E-state index is -4.79. The van der Waals surface area contributed by atoms with E-state index in [0.29, 0.717) is 17.1 Å². The van der Waals surface area contributed by atoms with Crippen LogP contribution in [0.5, 0.6) is 0 Å². The van der Waals surface area contributed by atoms with Crippen molar-refractivity contribution in [2.45, 2.75) is 25.2 Å². The number of carbonyl (C=O) groups is 1. The van der Waals surface area contributed by atoms with Crippen LogP contribution in [0, 0.1) is 17.1 Å². The molecule has 0 radical (unpaired) electrons. The number of alkyl halides is 3. The van der Waals surface area contributed by atoms with E-state index >= 15 is 0 Å². The van der Waals surface area contributed by atoms with Crippen LogP contribution in [-0.2, 0) is 17.5 Å².